The van der Waals surface area contributed by atoms with Crippen molar-refractivity contribution in [1.29, 1.82) is 0 Å². The Kier molecular flexibility index (Phi) is 32.9. The van der Waals surface area contributed by atoms with Crippen molar-refractivity contribution in [2.24, 2.45) is 28.9 Å². The summed E-state index contributed by atoms with van der Waals surface area (Å²) in [6.07, 6.45) is 0.282. The van der Waals surface area contributed by atoms with Crippen molar-refractivity contribution >= 4 is 65.0 Å². The van der Waals surface area contributed by atoms with Crippen LogP contribution in [0.1, 0.15) is 112 Å². The van der Waals surface area contributed by atoms with Crippen molar-refractivity contribution in [3.8, 4) is 0 Å². The highest BCUT2D eigenvalue weighted by Gasteiger charge is 2.36. The molecule has 1 fully saturated rings. The molecule has 11 atom stereocenters. The Morgan fingerprint density at radius 2 is 1.16 bits per heavy atom. The molecule has 0 saturated carbocycles. The fourth-order valence-corrected chi connectivity index (χ4v) is 7.72. The highest BCUT2D eigenvalue weighted by atomic mass is 16.3. The summed E-state index contributed by atoms with van der Waals surface area (Å²) in [7, 11) is 0. The monoisotopic (exact) mass is 1090 g/mol. The lowest BCUT2D eigenvalue weighted by atomic mass is 10.0. The van der Waals surface area contributed by atoms with Gasteiger partial charge in [0.05, 0.1) is 25.4 Å². The first-order valence-electron chi connectivity index (χ1n) is 26.0. The second kappa shape index (κ2) is 36.8. The van der Waals surface area contributed by atoms with E-state index in [1.54, 1.807) is 13.8 Å². The summed E-state index contributed by atoms with van der Waals surface area (Å²) in [5.41, 5.74) is 23.1. The lowest BCUT2D eigenvalue weighted by Crippen LogP contribution is -2.61. The maximum absolute atomic E-state index is 14.1. The molecule has 0 aromatic carbocycles. The van der Waals surface area contributed by atoms with E-state index in [-0.39, 0.29) is 70.6 Å². The molecule has 1 saturated heterocycles. The van der Waals surface area contributed by atoms with Crippen LogP contribution in [-0.4, -0.2) is 193 Å². The zero-order valence-electron chi connectivity index (χ0n) is 44.5. The Morgan fingerprint density at radius 1 is 0.605 bits per heavy atom. The highest BCUT2D eigenvalue weighted by Crippen LogP contribution is 2.09. The third kappa shape index (κ3) is 25.2. The van der Waals surface area contributed by atoms with Gasteiger partial charge in [0.1, 0.15) is 54.4 Å². The largest absolute Gasteiger partial charge is 0.394 e. The molecular formula is C47H87N15O14. The second-order valence-corrected chi connectivity index (χ2v) is 19.1. The average molecular weight is 1090 g/mol. The van der Waals surface area contributed by atoms with Gasteiger partial charge in [-0.05, 0) is 90.9 Å². The fourth-order valence-electron chi connectivity index (χ4n) is 7.72. The number of aliphatic hydroxyl groups excluding tert-OH is 3. The molecule has 29 heteroatoms. The van der Waals surface area contributed by atoms with E-state index in [0.29, 0.717) is 6.42 Å². The van der Waals surface area contributed by atoms with Gasteiger partial charge in [-0.25, -0.2) is 0 Å². The number of aliphatic hydroxyl groups is 3. The molecule has 0 bridgehead atoms. The van der Waals surface area contributed by atoms with Gasteiger partial charge in [0.2, 0.25) is 65.0 Å². The normalized spacial score (nSPS) is 22.8. The molecule has 11 amide bonds. The minimum Gasteiger partial charge on any atom is -0.394 e. The predicted molar refractivity (Wildman–Crippen MR) is 276 cm³/mol. The molecule has 0 aromatic heterocycles. The Labute approximate surface area is 443 Å². The maximum Gasteiger partial charge on any atom is 0.245 e. The number of carbonyl (C=O) groups excluding carboxylic acids is 11. The smallest absolute Gasteiger partial charge is 0.245 e. The Balaban J connectivity index is 3.62. The number of carbonyl (C=O) groups is 11. The summed E-state index contributed by atoms with van der Waals surface area (Å²) in [4.78, 5) is 149. The number of nitrogens with one attached hydrogen (secondary N) is 11. The minimum absolute atomic E-state index is 0.0137. The Bertz CT molecular complexity index is 1910. The average Bonchev–Trinajstić information content (AvgIpc) is 3.35. The van der Waals surface area contributed by atoms with Crippen LogP contribution in [0.4, 0.5) is 0 Å². The van der Waals surface area contributed by atoms with Crippen LogP contribution in [0.25, 0.3) is 0 Å². The van der Waals surface area contributed by atoms with Gasteiger partial charge in [0.15, 0.2) is 0 Å². The second-order valence-electron chi connectivity index (χ2n) is 19.1. The summed E-state index contributed by atoms with van der Waals surface area (Å²) < 4.78 is 0. The first-order chi connectivity index (χ1) is 36.0. The van der Waals surface area contributed by atoms with Crippen LogP contribution in [0.5, 0.6) is 0 Å². The van der Waals surface area contributed by atoms with Crippen LogP contribution in [0.3, 0.4) is 0 Å². The zero-order chi connectivity index (χ0) is 57.5. The molecule has 1 rings (SSSR count). The first-order valence-corrected chi connectivity index (χ1v) is 26.0. The van der Waals surface area contributed by atoms with E-state index in [0.717, 1.165) is 32.6 Å². The van der Waals surface area contributed by atoms with E-state index in [1.807, 2.05) is 0 Å². The topological polar surface area (TPSA) is 485 Å². The molecule has 0 spiro atoms. The summed E-state index contributed by atoms with van der Waals surface area (Å²) in [6, 6.07) is -13.7. The van der Waals surface area contributed by atoms with Gasteiger partial charge in [-0.2, -0.15) is 0 Å². The van der Waals surface area contributed by atoms with Gasteiger partial charge < -0.3 is 96.7 Å². The van der Waals surface area contributed by atoms with Crippen molar-refractivity contribution < 1.29 is 68.1 Å². The van der Waals surface area contributed by atoms with E-state index >= 15 is 0 Å². The summed E-state index contributed by atoms with van der Waals surface area (Å²) in [5.74, 6) is -10.3. The molecule has 0 aromatic rings. The molecule has 1 aliphatic rings. The van der Waals surface area contributed by atoms with Crippen LogP contribution in [0.15, 0.2) is 0 Å². The van der Waals surface area contributed by atoms with Crippen LogP contribution < -0.4 is 81.4 Å². The van der Waals surface area contributed by atoms with Gasteiger partial charge >= 0.3 is 0 Å². The van der Waals surface area contributed by atoms with Gasteiger partial charge in [-0.1, -0.05) is 46.5 Å². The summed E-state index contributed by atoms with van der Waals surface area (Å²) in [5, 5.41) is 58.0. The Hall–Kier alpha value is -6.11. The summed E-state index contributed by atoms with van der Waals surface area (Å²) >= 11 is 0. The van der Waals surface area contributed by atoms with Crippen LogP contribution >= 0.6 is 0 Å². The van der Waals surface area contributed by atoms with Gasteiger partial charge in [-0.15, -0.1) is 0 Å². The zero-order valence-corrected chi connectivity index (χ0v) is 44.5. The molecule has 1 heterocycles. The predicted octanol–water partition coefficient (Wildman–Crippen LogP) is -7.46. The number of nitrogens with two attached hydrogens (primary N) is 4. The van der Waals surface area contributed by atoms with Crippen molar-refractivity contribution in [3.63, 3.8) is 0 Å². The van der Waals surface area contributed by atoms with E-state index in [2.05, 4.69) is 65.4 Å². The number of unbranched alkanes of at least 4 members (excludes halogenated alkanes) is 4. The third-order valence-corrected chi connectivity index (χ3v) is 12.0. The third-order valence-electron chi connectivity index (χ3n) is 12.0. The molecular weight excluding hydrogens is 999 g/mol. The number of hydrogen-bond donors (Lipinski definition) is 18. The van der Waals surface area contributed by atoms with Gasteiger partial charge in [-0.3, -0.25) is 52.7 Å². The molecule has 1 aliphatic heterocycles. The molecule has 0 unspecified atom stereocenters. The molecule has 22 N–H and O–H groups in total. The quantitative estimate of drug-likeness (QED) is 0.0358. The Morgan fingerprint density at radius 3 is 1.71 bits per heavy atom. The van der Waals surface area contributed by atoms with Crippen LogP contribution in [-0.2, 0) is 52.7 Å². The number of hydrogen-bond acceptors (Lipinski definition) is 18. The molecule has 0 radical (unpaired) electrons. The van der Waals surface area contributed by atoms with Crippen molar-refractivity contribution in [2.45, 2.75) is 178 Å². The van der Waals surface area contributed by atoms with E-state index in [4.69, 9.17) is 22.9 Å². The van der Waals surface area contributed by atoms with Gasteiger partial charge in [0.25, 0.3) is 0 Å². The lowest BCUT2D eigenvalue weighted by molar-refractivity contribution is -0.137. The SMILES string of the molecule is CCCCCCCC(=O)N[C@@H](CCN)C(=O)N[C@H](C(=O)N[C@@H](CCN)C(=O)N[C@H]1CCNC(=O)[C@H]([C@@H](C)O)NC(=O)[C@H](CO)NC(=O)[C@H](CCN)NC(=O)[C@H](CC(C)C)NC(=O)CNC(=O)[C@H](CCN)NC1=O)[C@@H](C)O. The van der Waals surface area contributed by atoms with Crippen molar-refractivity contribution in [2.75, 3.05) is 45.9 Å². The highest BCUT2D eigenvalue weighted by molar-refractivity contribution is 5.98. The summed E-state index contributed by atoms with van der Waals surface area (Å²) in [6.45, 7) is 5.13. The molecule has 76 heavy (non-hydrogen) atoms. The van der Waals surface area contributed by atoms with Crippen molar-refractivity contribution in [1.82, 2.24) is 58.5 Å². The van der Waals surface area contributed by atoms with Crippen LogP contribution in [0.2, 0.25) is 0 Å². The molecule has 434 valence electrons. The van der Waals surface area contributed by atoms with E-state index in [1.165, 1.54) is 6.92 Å². The standard InChI is InChI=1S/C47H87N15O14/c1-6-7-8-9-10-11-35(66)54-29(13-18-49)43(72)62-38(27(5)65)47(76)59-31(15-20-51)40(69)58-32-16-21-52-46(75)37(26(4)64)61-45(74)34(24-63)60-41(70)30(14-19-50)57-44(73)33(22-25(2)3)55-36(67)23-53-39(68)28(12-17-48)56-42(32)71/h25-34,37-38,63-65H,6-24,48-51H2,1-5H3,(H,52,75)(H,53,68)(H,54,66)(H,55,67)(H,56,71)(H,57,73)(H,58,69)(H,59,76)(H,60,70)(H,61,74)(H,62,72)/t26-,27-,28+,29+,30+,31+,32+,33+,34+,37+,38+/m1/s1. The van der Waals surface area contributed by atoms with Gasteiger partial charge in [0, 0.05) is 13.0 Å². The fraction of sp³-hybridized carbons (Fsp3) is 0.766. The van der Waals surface area contributed by atoms with Crippen LogP contribution in [0, 0.1) is 5.92 Å². The number of rotatable bonds is 26. The first kappa shape index (κ1) is 67.9. The maximum atomic E-state index is 14.1. The van der Waals surface area contributed by atoms with E-state index < -0.39 is 158 Å². The number of amides is 11. The molecule has 29 nitrogen and oxygen atoms in total. The molecule has 0 aliphatic carbocycles. The minimum atomic E-state index is -1.74. The van der Waals surface area contributed by atoms with Crippen molar-refractivity contribution in [3.05, 3.63) is 0 Å². The lowest BCUT2D eigenvalue weighted by Gasteiger charge is -2.28. The van der Waals surface area contributed by atoms with E-state index in [9.17, 15) is 68.1 Å².